The summed E-state index contributed by atoms with van der Waals surface area (Å²) in [7, 11) is 0. The number of aryl methyl sites for hydroxylation is 1. The lowest BCUT2D eigenvalue weighted by Crippen LogP contribution is -2.31. The Hall–Kier alpha value is -3.16. The van der Waals surface area contributed by atoms with Crippen LogP contribution >= 0.6 is 15.9 Å². The van der Waals surface area contributed by atoms with Gasteiger partial charge in [-0.3, -0.25) is 9.69 Å². The fourth-order valence-electron chi connectivity index (χ4n) is 3.81. The summed E-state index contributed by atoms with van der Waals surface area (Å²) in [5.74, 6) is 1.51. The molecule has 7 heteroatoms. The van der Waals surface area contributed by atoms with Crippen molar-refractivity contribution in [2.45, 2.75) is 20.0 Å². The van der Waals surface area contributed by atoms with Crippen molar-refractivity contribution < 1.29 is 18.3 Å². The molecule has 4 aromatic rings. The zero-order valence-corrected chi connectivity index (χ0v) is 18.8. The Morgan fingerprint density at radius 1 is 1.09 bits per heavy atom. The van der Waals surface area contributed by atoms with E-state index in [1.54, 1.807) is 37.3 Å². The number of halogens is 2. The predicted octanol–water partition coefficient (Wildman–Crippen LogP) is 6.15. The van der Waals surface area contributed by atoms with Gasteiger partial charge in [0, 0.05) is 13.1 Å². The third kappa shape index (κ3) is 3.89. The van der Waals surface area contributed by atoms with E-state index in [0.29, 0.717) is 48.0 Å². The van der Waals surface area contributed by atoms with Gasteiger partial charge in [0.05, 0.1) is 15.4 Å². The molecule has 0 bridgehead atoms. The van der Waals surface area contributed by atoms with Crippen LogP contribution in [0, 0.1) is 12.7 Å². The molecule has 3 aromatic carbocycles. The summed E-state index contributed by atoms with van der Waals surface area (Å²) in [5.41, 5.74) is 2.04. The van der Waals surface area contributed by atoms with Crippen LogP contribution in [-0.2, 0) is 13.1 Å². The van der Waals surface area contributed by atoms with E-state index < -0.39 is 0 Å². The van der Waals surface area contributed by atoms with Gasteiger partial charge in [0.2, 0.25) is 11.2 Å². The summed E-state index contributed by atoms with van der Waals surface area (Å²) in [5, 5.41) is 0.434. The van der Waals surface area contributed by atoms with E-state index in [-0.39, 0.29) is 17.0 Å². The van der Waals surface area contributed by atoms with Crippen molar-refractivity contribution in [3.63, 3.8) is 0 Å². The highest BCUT2D eigenvalue weighted by molar-refractivity contribution is 9.10. The molecule has 32 heavy (non-hydrogen) atoms. The second kappa shape index (κ2) is 8.41. The van der Waals surface area contributed by atoms with Crippen molar-refractivity contribution in [3.8, 4) is 17.2 Å². The van der Waals surface area contributed by atoms with Gasteiger partial charge < -0.3 is 13.9 Å². The maximum absolute atomic E-state index is 13.3. The van der Waals surface area contributed by atoms with E-state index in [9.17, 15) is 9.18 Å². The summed E-state index contributed by atoms with van der Waals surface area (Å²) in [6.07, 6.45) is 0. The van der Waals surface area contributed by atoms with Crippen molar-refractivity contribution in [2.75, 3.05) is 6.73 Å². The first-order valence-electron chi connectivity index (χ1n) is 10.1. The molecule has 2 heterocycles. The standard InChI is InChI=1S/C25H19BrFNO4/c1-15-24(32-22-5-3-2-4-20(22)26)23(29)18-10-11-21-19(25(18)31-15)13-28(14-30-21)12-16-6-8-17(27)9-7-16/h2-11H,12-14H2,1H3. The van der Waals surface area contributed by atoms with Gasteiger partial charge in [-0.05, 0) is 64.8 Å². The van der Waals surface area contributed by atoms with E-state index in [1.165, 1.54) is 12.1 Å². The molecule has 1 aliphatic rings. The summed E-state index contributed by atoms with van der Waals surface area (Å²) in [6, 6.07) is 17.2. The van der Waals surface area contributed by atoms with E-state index in [2.05, 4.69) is 20.8 Å². The van der Waals surface area contributed by atoms with Gasteiger partial charge in [-0.25, -0.2) is 4.39 Å². The van der Waals surface area contributed by atoms with Gasteiger partial charge in [-0.15, -0.1) is 0 Å². The normalized spacial score (nSPS) is 13.6. The Kier molecular flexibility index (Phi) is 5.45. The first-order valence-corrected chi connectivity index (χ1v) is 10.9. The van der Waals surface area contributed by atoms with Gasteiger partial charge in [0.15, 0.2) is 0 Å². The van der Waals surface area contributed by atoms with Gasteiger partial charge in [0.25, 0.3) is 0 Å². The average Bonchev–Trinajstić information content (AvgIpc) is 2.79. The van der Waals surface area contributed by atoms with E-state index >= 15 is 0 Å². The summed E-state index contributed by atoms with van der Waals surface area (Å²) in [4.78, 5) is 15.3. The van der Waals surface area contributed by atoms with Crippen LogP contribution in [0.25, 0.3) is 11.0 Å². The number of ether oxygens (including phenoxy) is 2. The van der Waals surface area contributed by atoms with Crippen LogP contribution in [0.2, 0.25) is 0 Å². The molecule has 0 aliphatic carbocycles. The Bertz CT molecular complexity index is 1370. The van der Waals surface area contributed by atoms with Crippen molar-refractivity contribution in [2.24, 2.45) is 0 Å². The van der Waals surface area contributed by atoms with Crippen molar-refractivity contribution >= 4 is 26.9 Å². The minimum absolute atomic E-state index is 0.157. The van der Waals surface area contributed by atoms with E-state index in [4.69, 9.17) is 13.9 Å². The highest BCUT2D eigenvalue weighted by Gasteiger charge is 2.24. The number of fused-ring (bicyclic) bond motifs is 3. The first kappa shape index (κ1) is 20.7. The molecule has 0 saturated heterocycles. The average molecular weight is 496 g/mol. The largest absolute Gasteiger partial charge is 0.478 e. The molecule has 162 valence electrons. The molecule has 0 spiro atoms. The van der Waals surface area contributed by atoms with Gasteiger partial charge in [-0.2, -0.15) is 0 Å². The monoisotopic (exact) mass is 495 g/mol. The molecule has 5 rings (SSSR count). The van der Waals surface area contributed by atoms with Gasteiger partial charge in [-0.1, -0.05) is 24.3 Å². The van der Waals surface area contributed by atoms with E-state index in [1.807, 2.05) is 18.2 Å². The molecule has 0 amide bonds. The zero-order valence-electron chi connectivity index (χ0n) is 17.2. The van der Waals surface area contributed by atoms with Crippen molar-refractivity contribution in [3.05, 3.63) is 98.1 Å². The number of para-hydroxylation sites is 1. The molecule has 0 saturated carbocycles. The first-order chi connectivity index (χ1) is 15.5. The fourth-order valence-corrected chi connectivity index (χ4v) is 4.17. The zero-order chi connectivity index (χ0) is 22.2. The SMILES string of the molecule is Cc1oc2c3c(ccc2c(=O)c1Oc1ccccc1Br)OCN(Cc1ccc(F)cc1)C3. The van der Waals surface area contributed by atoms with Gasteiger partial charge >= 0.3 is 0 Å². The third-order valence-electron chi connectivity index (χ3n) is 5.40. The summed E-state index contributed by atoms with van der Waals surface area (Å²) in [6.45, 7) is 3.23. The lowest BCUT2D eigenvalue weighted by atomic mass is 10.1. The lowest BCUT2D eigenvalue weighted by Gasteiger charge is -2.29. The quantitative estimate of drug-likeness (QED) is 0.340. The topological polar surface area (TPSA) is 51.9 Å². The number of hydrogen-bond acceptors (Lipinski definition) is 5. The molecule has 0 atom stereocenters. The highest BCUT2D eigenvalue weighted by atomic mass is 79.9. The van der Waals surface area contributed by atoms with Crippen molar-refractivity contribution in [1.29, 1.82) is 0 Å². The highest BCUT2D eigenvalue weighted by Crippen LogP contribution is 2.35. The molecule has 1 aliphatic heterocycles. The maximum atomic E-state index is 13.3. The maximum Gasteiger partial charge on any atom is 0.235 e. The Morgan fingerprint density at radius 2 is 1.88 bits per heavy atom. The minimum atomic E-state index is -0.266. The van der Waals surface area contributed by atoms with E-state index in [0.717, 1.165) is 15.6 Å². The fraction of sp³-hybridized carbons (Fsp3) is 0.160. The van der Waals surface area contributed by atoms with Crippen LogP contribution in [0.15, 0.2) is 74.3 Å². The number of rotatable bonds is 4. The smallest absolute Gasteiger partial charge is 0.235 e. The van der Waals surface area contributed by atoms with Crippen LogP contribution in [0.4, 0.5) is 4.39 Å². The van der Waals surface area contributed by atoms with Gasteiger partial charge in [0.1, 0.15) is 35.4 Å². The number of benzene rings is 3. The molecular weight excluding hydrogens is 477 g/mol. The predicted molar refractivity (Wildman–Crippen MR) is 123 cm³/mol. The summed E-state index contributed by atoms with van der Waals surface area (Å²) < 4.78 is 31.9. The van der Waals surface area contributed by atoms with Crippen LogP contribution in [0.3, 0.4) is 0 Å². The van der Waals surface area contributed by atoms with Crippen LogP contribution in [-0.4, -0.2) is 11.6 Å². The second-order valence-electron chi connectivity index (χ2n) is 7.65. The number of hydrogen-bond donors (Lipinski definition) is 0. The second-order valence-corrected chi connectivity index (χ2v) is 8.51. The molecule has 0 unspecified atom stereocenters. The Labute approximate surface area is 192 Å². The lowest BCUT2D eigenvalue weighted by molar-refractivity contribution is 0.0889. The molecule has 5 nitrogen and oxygen atoms in total. The molecule has 0 radical (unpaired) electrons. The third-order valence-corrected chi connectivity index (χ3v) is 6.05. The number of nitrogens with zero attached hydrogens (tertiary/aromatic N) is 1. The van der Waals surface area contributed by atoms with Crippen molar-refractivity contribution in [1.82, 2.24) is 4.90 Å². The minimum Gasteiger partial charge on any atom is -0.478 e. The Morgan fingerprint density at radius 3 is 2.66 bits per heavy atom. The van der Waals surface area contributed by atoms with Crippen LogP contribution in [0.5, 0.6) is 17.2 Å². The molecule has 1 aromatic heterocycles. The molecule has 0 N–H and O–H groups in total. The molecule has 0 fully saturated rings. The summed E-state index contributed by atoms with van der Waals surface area (Å²) >= 11 is 3.44. The van der Waals surface area contributed by atoms with Crippen LogP contribution < -0.4 is 14.9 Å². The van der Waals surface area contributed by atoms with Crippen LogP contribution in [0.1, 0.15) is 16.9 Å². The molecular formula is C25H19BrFNO4. The Balaban J connectivity index is 1.50.